The zero-order valence-corrected chi connectivity index (χ0v) is 13.2. The minimum absolute atomic E-state index is 0.000502. The van der Waals surface area contributed by atoms with Crippen LogP contribution in [-0.4, -0.2) is 28.1 Å². The molecule has 2 aliphatic rings. The Bertz CT molecular complexity index is 664. The van der Waals surface area contributed by atoms with E-state index in [1.807, 2.05) is 10.7 Å². The summed E-state index contributed by atoms with van der Waals surface area (Å²) < 4.78 is 13.6. The van der Waals surface area contributed by atoms with Gasteiger partial charge in [0.25, 0.3) is 0 Å². The zero-order valence-electron chi connectivity index (χ0n) is 13.2. The Labute approximate surface area is 135 Å². The van der Waals surface area contributed by atoms with Crippen molar-refractivity contribution >= 4 is 0 Å². The number of aromatic nitrogens is 3. The fraction of sp³-hybridized carbons (Fsp3) is 0.529. The Hall–Kier alpha value is -1.92. The smallest absolute Gasteiger partial charge is 0.152 e. The highest BCUT2D eigenvalue weighted by Crippen LogP contribution is 2.24. The summed E-state index contributed by atoms with van der Waals surface area (Å²) in [6.07, 6.45) is 6.11. The van der Waals surface area contributed by atoms with E-state index in [-0.39, 0.29) is 6.23 Å². The van der Waals surface area contributed by atoms with Crippen molar-refractivity contribution in [2.75, 3.05) is 13.2 Å². The van der Waals surface area contributed by atoms with Crippen LogP contribution in [0.25, 0.3) is 0 Å². The average Bonchev–Trinajstić information content (AvgIpc) is 3.09. The van der Waals surface area contributed by atoms with E-state index in [2.05, 4.69) is 27.8 Å². The lowest BCUT2D eigenvalue weighted by Crippen LogP contribution is -2.23. The van der Waals surface area contributed by atoms with Gasteiger partial charge in [-0.2, -0.15) is 0 Å². The first kappa shape index (κ1) is 14.7. The molecule has 3 heterocycles. The normalized spacial score (nSPS) is 21.0. The third-order valence-electron chi connectivity index (χ3n) is 4.53. The fourth-order valence-corrected chi connectivity index (χ4v) is 3.23. The van der Waals surface area contributed by atoms with Crippen molar-refractivity contribution in [2.45, 2.75) is 45.1 Å². The summed E-state index contributed by atoms with van der Waals surface area (Å²) in [5, 5.41) is 11.6. The van der Waals surface area contributed by atoms with Crippen LogP contribution in [0.2, 0.25) is 0 Å². The standard InChI is InChI=1S/C17H22N4O2/c1-2-8-22-17(3-1)21-15(11-19-20-21)12-23-16-5-4-14-10-18-7-6-13(14)9-16/h4-5,9,11,17-18H,1-3,6-8,10,12H2. The molecule has 6 nitrogen and oxygen atoms in total. The van der Waals surface area contributed by atoms with Gasteiger partial charge in [0.15, 0.2) is 6.23 Å². The molecule has 1 saturated heterocycles. The molecule has 1 atom stereocenters. The van der Waals surface area contributed by atoms with Gasteiger partial charge in [-0.15, -0.1) is 5.10 Å². The lowest BCUT2D eigenvalue weighted by Gasteiger charge is -2.23. The second-order valence-electron chi connectivity index (χ2n) is 6.14. The van der Waals surface area contributed by atoms with Crippen LogP contribution in [-0.2, 0) is 24.3 Å². The number of fused-ring (bicyclic) bond motifs is 1. The molecule has 0 radical (unpaired) electrons. The van der Waals surface area contributed by atoms with Crippen LogP contribution < -0.4 is 10.1 Å². The Morgan fingerprint density at radius 1 is 1.30 bits per heavy atom. The number of benzene rings is 1. The minimum atomic E-state index is -0.000502. The Kier molecular flexibility index (Phi) is 4.26. The van der Waals surface area contributed by atoms with Crippen LogP contribution >= 0.6 is 0 Å². The molecular weight excluding hydrogens is 292 g/mol. The largest absolute Gasteiger partial charge is 0.487 e. The Morgan fingerprint density at radius 3 is 3.22 bits per heavy atom. The van der Waals surface area contributed by atoms with Gasteiger partial charge < -0.3 is 14.8 Å². The second-order valence-corrected chi connectivity index (χ2v) is 6.14. The van der Waals surface area contributed by atoms with Gasteiger partial charge >= 0.3 is 0 Å². The first-order valence-corrected chi connectivity index (χ1v) is 8.36. The summed E-state index contributed by atoms with van der Waals surface area (Å²) in [6.45, 7) is 3.24. The summed E-state index contributed by atoms with van der Waals surface area (Å²) in [5.41, 5.74) is 3.70. The van der Waals surface area contributed by atoms with Crippen molar-refractivity contribution in [1.82, 2.24) is 20.3 Å². The van der Waals surface area contributed by atoms with E-state index in [1.165, 1.54) is 17.5 Å². The van der Waals surface area contributed by atoms with Crippen LogP contribution in [0.5, 0.6) is 5.75 Å². The van der Waals surface area contributed by atoms with Gasteiger partial charge in [0.1, 0.15) is 12.4 Å². The third kappa shape index (κ3) is 3.23. The first-order chi connectivity index (χ1) is 11.4. The molecule has 0 amide bonds. The van der Waals surface area contributed by atoms with Crippen LogP contribution in [0.3, 0.4) is 0 Å². The molecule has 0 saturated carbocycles. The summed E-state index contributed by atoms with van der Waals surface area (Å²) in [6, 6.07) is 6.34. The van der Waals surface area contributed by atoms with E-state index in [4.69, 9.17) is 9.47 Å². The van der Waals surface area contributed by atoms with E-state index < -0.39 is 0 Å². The second kappa shape index (κ2) is 6.68. The fourth-order valence-electron chi connectivity index (χ4n) is 3.23. The average molecular weight is 314 g/mol. The van der Waals surface area contributed by atoms with Gasteiger partial charge in [-0.25, -0.2) is 4.68 Å². The monoisotopic (exact) mass is 314 g/mol. The lowest BCUT2D eigenvalue weighted by molar-refractivity contribution is -0.0433. The maximum atomic E-state index is 5.97. The van der Waals surface area contributed by atoms with Gasteiger partial charge in [0.05, 0.1) is 11.9 Å². The molecule has 4 rings (SSSR count). The van der Waals surface area contributed by atoms with Gasteiger partial charge in [0.2, 0.25) is 0 Å². The number of hydrogen-bond donors (Lipinski definition) is 1. The van der Waals surface area contributed by atoms with Crippen molar-refractivity contribution in [2.24, 2.45) is 0 Å². The predicted molar refractivity (Wildman–Crippen MR) is 85.0 cm³/mol. The number of rotatable bonds is 4. The van der Waals surface area contributed by atoms with Crippen molar-refractivity contribution in [1.29, 1.82) is 0 Å². The molecule has 23 heavy (non-hydrogen) atoms. The van der Waals surface area contributed by atoms with Crippen molar-refractivity contribution in [3.05, 3.63) is 41.2 Å². The van der Waals surface area contributed by atoms with E-state index in [9.17, 15) is 0 Å². The van der Waals surface area contributed by atoms with Crippen LogP contribution in [0.1, 0.15) is 42.3 Å². The molecule has 122 valence electrons. The molecule has 1 aromatic heterocycles. The third-order valence-corrected chi connectivity index (χ3v) is 4.53. The molecule has 6 heteroatoms. The van der Waals surface area contributed by atoms with Gasteiger partial charge in [0, 0.05) is 13.2 Å². The number of ether oxygens (including phenoxy) is 2. The van der Waals surface area contributed by atoms with Crippen LogP contribution in [0.4, 0.5) is 0 Å². The first-order valence-electron chi connectivity index (χ1n) is 8.36. The van der Waals surface area contributed by atoms with E-state index in [1.54, 1.807) is 6.20 Å². The van der Waals surface area contributed by atoms with E-state index in [0.717, 1.165) is 50.4 Å². The summed E-state index contributed by atoms with van der Waals surface area (Å²) >= 11 is 0. The molecule has 2 aliphatic heterocycles. The van der Waals surface area contributed by atoms with Crippen LogP contribution in [0.15, 0.2) is 24.4 Å². The molecule has 0 bridgehead atoms. The summed E-state index contributed by atoms with van der Waals surface area (Å²) in [5.74, 6) is 0.906. The molecule has 0 spiro atoms. The molecule has 2 aromatic rings. The van der Waals surface area contributed by atoms with Gasteiger partial charge in [-0.3, -0.25) is 0 Å². The molecule has 1 fully saturated rings. The number of nitrogens with zero attached hydrogens (tertiary/aromatic N) is 3. The Balaban J connectivity index is 1.44. The highest BCUT2D eigenvalue weighted by Gasteiger charge is 2.20. The molecule has 0 aliphatic carbocycles. The quantitative estimate of drug-likeness (QED) is 0.937. The van der Waals surface area contributed by atoms with Crippen molar-refractivity contribution in [3.63, 3.8) is 0 Å². The zero-order chi connectivity index (χ0) is 15.5. The van der Waals surface area contributed by atoms with Gasteiger partial charge in [-0.05, 0) is 55.5 Å². The van der Waals surface area contributed by atoms with E-state index >= 15 is 0 Å². The van der Waals surface area contributed by atoms with Gasteiger partial charge in [-0.1, -0.05) is 11.3 Å². The SMILES string of the molecule is c1cc2c(cc1OCc1cnnn1C1CCCCO1)CCNC2. The summed E-state index contributed by atoms with van der Waals surface area (Å²) in [7, 11) is 0. The lowest BCUT2D eigenvalue weighted by atomic mass is 10.0. The van der Waals surface area contributed by atoms with Crippen LogP contribution in [0, 0.1) is 0 Å². The van der Waals surface area contributed by atoms with Crippen molar-refractivity contribution < 1.29 is 9.47 Å². The topological polar surface area (TPSA) is 61.2 Å². The highest BCUT2D eigenvalue weighted by atomic mass is 16.5. The predicted octanol–water partition coefficient (Wildman–Crippen LogP) is 2.20. The molecule has 1 aromatic carbocycles. The molecule has 1 unspecified atom stereocenters. The Morgan fingerprint density at radius 2 is 2.30 bits per heavy atom. The molecule has 1 N–H and O–H groups in total. The van der Waals surface area contributed by atoms with Crippen molar-refractivity contribution in [3.8, 4) is 5.75 Å². The highest BCUT2D eigenvalue weighted by molar-refractivity contribution is 5.37. The minimum Gasteiger partial charge on any atom is -0.487 e. The van der Waals surface area contributed by atoms with E-state index in [0.29, 0.717) is 6.61 Å². The number of nitrogens with one attached hydrogen (secondary N) is 1. The summed E-state index contributed by atoms with van der Waals surface area (Å²) in [4.78, 5) is 0. The maximum absolute atomic E-state index is 5.97. The maximum Gasteiger partial charge on any atom is 0.152 e. The molecular formula is C17H22N4O2. The number of hydrogen-bond acceptors (Lipinski definition) is 5.